The van der Waals surface area contributed by atoms with Crippen molar-refractivity contribution in [3.63, 3.8) is 0 Å². The Labute approximate surface area is 142 Å². The first-order valence-electron chi connectivity index (χ1n) is 7.82. The van der Waals surface area contributed by atoms with Crippen molar-refractivity contribution in [3.05, 3.63) is 45.9 Å². The number of nitrogens with zero attached hydrogens (tertiary/aromatic N) is 2. The van der Waals surface area contributed by atoms with Gasteiger partial charge >= 0.3 is 0 Å². The van der Waals surface area contributed by atoms with Crippen molar-refractivity contribution in [3.8, 4) is 5.75 Å². The molecule has 0 aliphatic heterocycles. The summed E-state index contributed by atoms with van der Waals surface area (Å²) in [7, 11) is 0. The lowest BCUT2D eigenvalue weighted by Gasteiger charge is -2.22. The SMILES string of the molecule is CC(=O)N(Cc1csc(COc2ccc(C)cc2)n1)CC(C)C. The molecular weight excluding hydrogens is 308 g/mol. The number of hydrogen-bond donors (Lipinski definition) is 0. The molecule has 0 aliphatic carbocycles. The molecule has 4 nitrogen and oxygen atoms in total. The molecule has 5 heteroatoms. The maximum atomic E-state index is 11.7. The van der Waals surface area contributed by atoms with Gasteiger partial charge in [-0.25, -0.2) is 4.98 Å². The molecule has 0 fully saturated rings. The van der Waals surface area contributed by atoms with Crippen LogP contribution in [0.2, 0.25) is 0 Å². The van der Waals surface area contributed by atoms with E-state index in [1.54, 1.807) is 18.3 Å². The van der Waals surface area contributed by atoms with Crippen LogP contribution in [0.1, 0.15) is 37.0 Å². The minimum Gasteiger partial charge on any atom is -0.486 e. The molecule has 23 heavy (non-hydrogen) atoms. The predicted molar refractivity (Wildman–Crippen MR) is 93.6 cm³/mol. The van der Waals surface area contributed by atoms with Gasteiger partial charge in [-0.3, -0.25) is 4.79 Å². The number of thiazole rings is 1. The number of aryl methyl sites for hydroxylation is 1. The Balaban J connectivity index is 1.91. The van der Waals surface area contributed by atoms with Crippen LogP contribution in [-0.2, 0) is 17.9 Å². The highest BCUT2D eigenvalue weighted by atomic mass is 32.1. The van der Waals surface area contributed by atoms with Crippen LogP contribution in [0.25, 0.3) is 0 Å². The summed E-state index contributed by atoms with van der Waals surface area (Å²) in [4.78, 5) is 18.1. The maximum Gasteiger partial charge on any atom is 0.219 e. The van der Waals surface area contributed by atoms with Gasteiger partial charge in [0.25, 0.3) is 0 Å². The standard InChI is InChI=1S/C18H24N2O2S/c1-13(2)9-20(15(4)21)10-16-12-23-18(19-16)11-22-17-7-5-14(3)6-8-17/h5-8,12-13H,9-11H2,1-4H3. The van der Waals surface area contributed by atoms with E-state index in [1.165, 1.54) is 5.56 Å². The first-order chi connectivity index (χ1) is 10.9. The Morgan fingerprint density at radius 2 is 2.00 bits per heavy atom. The molecule has 0 N–H and O–H groups in total. The number of carbonyl (C=O) groups excluding carboxylic acids is 1. The number of hydrogen-bond acceptors (Lipinski definition) is 4. The summed E-state index contributed by atoms with van der Waals surface area (Å²) in [6, 6.07) is 7.98. The summed E-state index contributed by atoms with van der Waals surface area (Å²) in [5.41, 5.74) is 2.14. The largest absolute Gasteiger partial charge is 0.486 e. The van der Waals surface area contributed by atoms with E-state index in [2.05, 4.69) is 25.8 Å². The van der Waals surface area contributed by atoms with Gasteiger partial charge in [-0.15, -0.1) is 11.3 Å². The van der Waals surface area contributed by atoms with Crippen molar-refractivity contribution in [2.24, 2.45) is 5.92 Å². The molecule has 0 radical (unpaired) electrons. The molecule has 0 spiro atoms. The molecule has 0 unspecified atom stereocenters. The van der Waals surface area contributed by atoms with Gasteiger partial charge < -0.3 is 9.64 Å². The minimum absolute atomic E-state index is 0.0872. The molecule has 124 valence electrons. The molecule has 2 rings (SSSR count). The van der Waals surface area contributed by atoms with Crippen molar-refractivity contribution in [2.45, 2.75) is 40.8 Å². The molecule has 0 aliphatic rings. The second-order valence-corrected chi connectivity index (χ2v) is 7.07. The summed E-state index contributed by atoms with van der Waals surface area (Å²) in [5, 5.41) is 2.93. The Hall–Kier alpha value is -1.88. The lowest BCUT2D eigenvalue weighted by atomic mass is 10.2. The van der Waals surface area contributed by atoms with Crippen LogP contribution >= 0.6 is 11.3 Å². The van der Waals surface area contributed by atoms with E-state index < -0.39 is 0 Å². The Morgan fingerprint density at radius 1 is 1.30 bits per heavy atom. The zero-order valence-electron chi connectivity index (χ0n) is 14.2. The molecule has 0 saturated carbocycles. The smallest absolute Gasteiger partial charge is 0.219 e. The van der Waals surface area contributed by atoms with Crippen molar-refractivity contribution >= 4 is 17.2 Å². The maximum absolute atomic E-state index is 11.7. The number of amides is 1. The fraction of sp³-hybridized carbons (Fsp3) is 0.444. The van der Waals surface area contributed by atoms with E-state index in [0.717, 1.165) is 23.0 Å². The Morgan fingerprint density at radius 3 is 2.61 bits per heavy atom. The fourth-order valence-corrected chi connectivity index (χ4v) is 2.90. The van der Waals surface area contributed by atoms with Gasteiger partial charge in [-0.1, -0.05) is 31.5 Å². The van der Waals surface area contributed by atoms with Gasteiger partial charge in [0.05, 0.1) is 12.2 Å². The van der Waals surface area contributed by atoms with Gasteiger partial charge in [0.1, 0.15) is 17.4 Å². The molecule has 0 bridgehead atoms. The molecule has 1 heterocycles. The first kappa shape index (κ1) is 17.5. The van der Waals surface area contributed by atoms with Crippen molar-refractivity contribution in [1.29, 1.82) is 0 Å². The van der Waals surface area contributed by atoms with Gasteiger partial charge in [0, 0.05) is 18.8 Å². The van der Waals surface area contributed by atoms with E-state index in [0.29, 0.717) is 19.1 Å². The minimum atomic E-state index is 0.0872. The second-order valence-electron chi connectivity index (χ2n) is 6.13. The number of carbonyl (C=O) groups is 1. The van der Waals surface area contributed by atoms with E-state index in [-0.39, 0.29) is 5.91 Å². The van der Waals surface area contributed by atoms with Crippen LogP contribution in [0.3, 0.4) is 0 Å². The summed E-state index contributed by atoms with van der Waals surface area (Å²) < 4.78 is 5.74. The van der Waals surface area contributed by atoms with Crippen molar-refractivity contribution in [1.82, 2.24) is 9.88 Å². The van der Waals surface area contributed by atoms with Crippen LogP contribution in [0.15, 0.2) is 29.6 Å². The third kappa shape index (κ3) is 5.67. The van der Waals surface area contributed by atoms with Crippen LogP contribution < -0.4 is 4.74 Å². The number of benzene rings is 1. The third-order valence-electron chi connectivity index (χ3n) is 3.37. The zero-order chi connectivity index (χ0) is 16.8. The average Bonchev–Trinajstić information content (AvgIpc) is 2.93. The number of aromatic nitrogens is 1. The van der Waals surface area contributed by atoms with E-state index in [4.69, 9.17) is 4.74 Å². The van der Waals surface area contributed by atoms with E-state index in [9.17, 15) is 4.79 Å². The molecule has 1 amide bonds. The van der Waals surface area contributed by atoms with E-state index >= 15 is 0 Å². The summed E-state index contributed by atoms with van der Waals surface area (Å²) >= 11 is 1.57. The zero-order valence-corrected chi connectivity index (χ0v) is 15.0. The topological polar surface area (TPSA) is 42.4 Å². The molecule has 2 aromatic rings. The van der Waals surface area contributed by atoms with Gasteiger partial charge in [-0.05, 0) is 25.0 Å². The fourth-order valence-electron chi connectivity index (χ4n) is 2.21. The summed E-state index contributed by atoms with van der Waals surface area (Å²) in [6.45, 7) is 9.65. The first-order valence-corrected chi connectivity index (χ1v) is 8.70. The van der Waals surface area contributed by atoms with Crippen molar-refractivity contribution < 1.29 is 9.53 Å². The van der Waals surface area contributed by atoms with Gasteiger partial charge in [0.2, 0.25) is 5.91 Å². The van der Waals surface area contributed by atoms with Crippen LogP contribution in [0, 0.1) is 12.8 Å². The predicted octanol–water partition coefficient (Wildman–Crippen LogP) is 4.04. The molecule has 1 aromatic carbocycles. The lowest BCUT2D eigenvalue weighted by Crippen LogP contribution is -2.31. The number of rotatable bonds is 7. The average molecular weight is 332 g/mol. The van der Waals surface area contributed by atoms with Gasteiger partial charge in [0.15, 0.2) is 0 Å². The monoisotopic (exact) mass is 332 g/mol. The summed E-state index contributed by atoms with van der Waals surface area (Å²) in [6.07, 6.45) is 0. The van der Waals surface area contributed by atoms with Crippen molar-refractivity contribution in [2.75, 3.05) is 6.54 Å². The molecule has 0 atom stereocenters. The van der Waals surface area contributed by atoms with Crippen LogP contribution in [0.4, 0.5) is 0 Å². The lowest BCUT2D eigenvalue weighted by molar-refractivity contribution is -0.130. The highest BCUT2D eigenvalue weighted by molar-refractivity contribution is 7.09. The molecule has 1 aromatic heterocycles. The summed E-state index contributed by atoms with van der Waals surface area (Å²) in [5.74, 6) is 1.38. The second kappa shape index (κ2) is 8.11. The third-order valence-corrected chi connectivity index (χ3v) is 4.24. The van der Waals surface area contributed by atoms with Gasteiger partial charge in [-0.2, -0.15) is 0 Å². The molecular formula is C18H24N2O2S. The molecule has 0 saturated heterocycles. The highest BCUT2D eigenvalue weighted by Crippen LogP contribution is 2.17. The number of ether oxygens (including phenoxy) is 1. The quantitative estimate of drug-likeness (QED) is 0.768. The Bertz CT molecular complexity index is 635. The Kier molecular flexibility index (Phi) is 6.16. The van der Waals surface area contributed by atoms with E-state index in [1.807, 2.05) is 34.5 Å². The van der Waals surface area contributed by atoms with Crippen LogP contribution in [-0.4, -0.2) is 22.3 Å². The van der Waals surface area contributed by atoms with Crippen LogP contribution in [0.5, 0.6) is 5.75 Å². The highest BCUT2D eigenvalue weighted by Gasteiger charge is 2.13. The normalized spacial score (nSPS) is 10.8.